The lowest BCUT2D eigenvalue weighted by molar-refractivity contribution is 0.102. The fourth-order valence-corrected chi connectivity index (χ4v) is 2.03. The van der Waals surface area contributed by atoms with Crippen molar-refractivity contribution in [3.63, 3.8) is 0 Å². The van der Waals surface area contributed by atoms with Gasteiger partial charge in [-0.2, -0.15) is 0 Å². The number of hydrogen-bond acceptors (Lipinski definition) is 4. The monoisotopic (exact) mass is 282 g/mol. The van der Waals surface area contributed by atoms with Crippen LogP contribution in [0.4, 0.5) is 5.69 Å². The Morgan fingerprint density at radius 1 is 1.43 bits per heavy atom. The van der Waals surface area contributed by atoms with Crippen LogP contribution in [-0.2, 0) is 6.61 Å². The lowest BCUT2D eigenvalue weighted by Crippen LogP contribution is -2.13. The van der Waals surface area contributed by atoms with Gasteiger partial charge in [0.05, 0.1) is 6.61 Å². The van der Waals surface area contributed by atoms with Gasteiger partial charge in [-0.15, -0.1) is 0 Å². The summed E-state index contributed by atoms with van der Waals surface area (Å²) in [6, 6.07) is 7.19. The van der Waals surface area contributed by atoms with E-state index in [1.165, 1.54) is 0 Å². The molecule has 2 N–H and O–H groups in total. The molecule has 6 nitrogen and oxygen atoms in total. The van der Waals surface area contributed by atoms with Gasteiger partial charge in [-0.05, 0) is 30.2 Å². The zero-order chi connectivity index (χ0) is 14.8. The van der Waals surface area contributed by atoms with E-state index in [0.29, 0.717) is 17.2 Å². The molecule has 0 aliphatic carbocycles. The smallest absolute Gasteiger partial charge is 0.275 e. The molecule has 6 heteroatoms. The molecule has 2 heterocycles. The van der Waals surface area contributed by atoms with E-state index >= 15 is 0 Å². The standard InChI is InChI=1S/C15H14N4O2/c1-10-3-4-11(9-20)7-12(10)17-14(21)13-8-19-6-2-5-16-15(19)18-13/h2-8,20H,9H2,1H3,(H,17,21). The number of fused-ring (bicyclic) bond motifs is 1. The van der Waals surface area contributed by atoms with Gasteiger partial charge in [0, 0.05) is 24.3 Å². The number of benzene rings is 1. The molecule has 21 heavy (non-hydrogen) atoms. The minimum atomic E-state index is -0.307. The number of carbonyl (C=O) groups excluding carboxylic acids is 1. The van der Waals surface area contributed by atoms with E-state index in [4.69, 9.17) is 5.11 Å². The summed E-state index contributed by atoms with van der Waals surface area (Å²) in [6.07, 6.45) is 5.03. The molecule has 0 saturated heterocycles. The fraction of sp³-hybridized carbons (Fsp3) is 0.133. The molecule has 106 valence electrons. The van der Waals surface area contributed by atoms with E-state index in [-0.39, 0.29) is 12.5 Å². The lowest BCUT2D eigenvalue weighted by atomic mass is 10.1. The van der Waals surface area contributed by atoms with Crippen molar-refractivity contribution in [2.45, 2.75) is 13.5 Å². The zero-order valence-corrected chi connectivity index (χ0v) is 11.4. The Bertz CT molecular complexity index is 777. The van der Waals surface area contributed by atoms with Crippen LogP contribution >= 0.6 is 0 Å². The van der Waals surface area contributed by atoms with E-state index in [1.54, 1.807) is 35.1 Å². The number of aliphatic hydroxyl groups is 1. The Balaban J connectivity index is 1.89. The van der Waals surface area contributed by atoms with E-state index in [2.05, 4.69) is 15.3 Å². The van der Waals surface area contributed by atoms with E-state index in [0.717, 1.165) is 11.1 Å². The predicted molar refractivity (Wildman–Crippen MR) is 78.0 cm³/mol. The van der Waals surface area contributed by atoms with Gasteiger partial charge in [0.15, 0.2) is 0 Å². The van der Waals surface area contributed by atoms with Gasteiger partial charge >= 0.3 is 0 Å². The number of carbonyl (C=O) groups is 1. The molecular formula is C15H14N4O2. The van der Waals surface area contributed by atoms with Crippen LogP contribution < -0.4 is 5.32 Å². The first-order valence-corrected chi connectivity index (χ1v) is 6.49. The second kappa shape index (κ2) is 5.34. The molecule has 1 aromatic carbocycles. The van der Waals surface area contributed by atoms with Crippen molar-refractivity contribution >= 4 is 17.4 Å². The molecule has 0 spiro atoms. The highest BCUT2D eigenvalue weighted by Crippen LogP contribution is 2.18. The first-order chi connectivity index (χ1) is 10.2. The number of nitrogens with zero attached hydrogens (tertiary/aromatic N) is 3. The quantitative estimate of drug-likeness (QED) is 0.767. The number of nitrogens with one attached hydrogen (secondary N) is 1. The van der Waals surface area contributed by atoms with Crippen LogP contribution in [0.3, 0.4) is 0 Å². The van der Waals surface area contributed by atoms with E-state index in [9.17, 15) is 4.79 Å². The topological polar surface area (TPSA) is 79.5 Å². The Labute approximate surface area is 121 Å². The molecule has 0 atom stereocenters. The van der Waals surface area contributed by atoms with Crippen LogP contribution in [0.2, 0.25) is 0 Å². The summed E-state index contributed by atoms with van der Waals surface area (Å²) in [5, 5.41) is 12.0. The third kappa shape index (κ3) is 2.61. The number of aryl methyl sites for hydroxylation is 1. The summed E-state index contributed by atoms with van der Waals surface area (Å²) in [7, 11) is 0. The SMILES string of the molecule is Cc1ccc(CO)cc1NC(=O)c1cn2cccnc2n1. The van der Waals surface area contributed by atoms with Crippen LogP contribution in [0.25, 0.3) is 5.78 Å². The Morgan fingerprint density at radius 2 is 2.29 bits per heavy atom. The summed E-state index contributed by atoms with van der Waals surface area (Å²) in [5.74, 6) is 0.169. The largest absolute Gasteiger partial charge is 0.392 e. The van der Waals surface area contributed by atoms with Crippen molar-refractivity contribution in [1.29, 1.82) is 0 Å². The summed E-state index contributed by atoms with van der Waals surface area (Å²) in [5.41, 5.74) is 2.62. The van der Waals surface area contributed by atoms with Crippen LogP contribution in [0, 0.1) is 6.92 Å². The van der Waals surface area contributed by atoms with Gasteiger partial charge in [0.2, 0.25) is 5.78 Å². The maximum atomic E-state index is 12.3. The van der Waals surface area contributed by atoms with Gasteiger partial charge in [-0.1, -0.05) is 12.1 Å². The van der Waals surface area contributed by atoms with Crippen molar-refractivity contribution in [3.8, 4) is 0 Å². The summed E-state index contributed by atoms with van der Waals surface area (Å²) in [4.78, 5) is 20.5. The number of hydrogen-bond donors (Lipinski definition) is 2. The predicted octanol–water partition coefficient (Wildman–Crippen LogP) is 1.78. The fourth-order valence-electron chi connectivity index (χ4n) is 2.03. The normalized spacial score (nSPS) is 10.8. The number of amides is 1. The summed E-state index contributed by atoms with van der Waals surface area (Å²) < 4.78 is 1.69. The molecule has 3 aromatic rings. The molecule has 0 radical (unpaired) electrons. The highest BCUT2D eigenvalue weighted by molar-refractivity contribution is 6.03. The van der Waals surface area contributed by atoms with E-state index < -0.39 is 0 Å². The second-order valence-corrected chi connectivity index (χ2v) is 4.71. The van der Waals surface area contributed by atoms with Crippen molar-refractivity contribution in [1.82, 2.24) is 14.4 Å². The molecule has 0 aliphatic heterocycles. The molecule has 0 bridgehead atoms. The highest BCUT2D eigenvalue weighted by Gasteiger charge is 2.12. The van der Waals surface area contributed by atoms with Gasteiger partial charge in [-0.3, -0.25) is 9.20 Å². The van der Waals surface area contributed by atoms with Crippen molar-refractivity contribution in [2.24, 2.45) is 0 Å². The number of aliphatic hydroxyl groups excluding tert-OH is 1. The Morgan fingerprint density at radius 3 is 3.05 bits per heavy atom. The van der Waals surface area contributed by atoms with Gasteiger partial charge < -0.3 is 10.4 Å². The summed E-state index contributed by atoms with van der Waals surface area (Å²) in [6.45, 7) is 1.82. The van der Waals surface area contributed by atoms with Crippen molar-refractivity contribution in [3.05, 3.63) is 59.7 Å². The number of rotatable bonds is 3. The zero-order valence-electron chi connectivity index (χ0n) is 11.4. The maximum absolute atomic E-state index is 12.3. The number of imidazole rings is 1. The van der Waals surface area contributed by atoms with Crippen LogP contribution in [0.5, 0.6) is 0 Å². The molecular weight excluding hydrogens is 268 g/mol. The Kier molecular flexibility index (Phi) is 3.37. The molecule has 3 rings (SSSR count). The first-order valence-electron chi connectivity index (χ1n) is 6.49. The van der Waals surface area contributed by atoms with Gasteiger partial charge in [0.25, 0.3) is 5.91 Å². The highest BCUT2D eigenvalue weighted by atomic mass is 16.3. The molecule has 2 aromatic heterocycles. The Hall–Kier alpha value is -2.73. The molecule has 0 fully saturated rings. The van der Waals surface area contributed by atoms with Crippen LogP contribution in [-0.4, -0.2) is 25.4 Å². The molecule has 0 unspecified atom stereocenters. The second-order valence-electron chi connectivity index (χ2n) is 4.71. The molecule has 1 amide bonds. The van der Waals surface area contributed by atoms with Crippen LogP contribution in [0.1, 0.15) is 21.6 Å². The van der Waals surface area contributed by atoms with E-state index in [1.807, 2.05) is 19.1 Å². The molecule has 0 aliphatic rings. The minimum Gasteiger partial charge on any atom is -0.392 e. The van der Waals surface area contributed by atoms with Crippen molar-refractivity contribution in [2.75, 3.05) is 5.32 Å². The number of anilines is 1. The average molecular weight is 282 g/mol. The number of aromatic nitrogens is 3. The van der Waals surface area contributed by atoms with Gasteiger partial charge in [0.1, 0.15) is 5.69 Å². The van der Waals surface area contributed by atoms with Crippen molar-refractivity contribution < 1.29 is 9.90 Å². The third-order valence-electron chi connectivity index (χ3n) is 3.20. The lowest BCUT2D eigenvalue weighted by Gasteiger charge is -2.08. The maximum Gasteiger partial charge on any atom is 0.275 e. The third-order valence-corrected chi connectivity index (χ3v) is 3.20. The average Bonchev–Trinajstić information content (AvgIpc) is 2.93. The molecule has 0 saturated carbocycles. The first kappa shape index (κ1) is 13.3. The van der Waals surface area contributed by atoms with Crippen LogP contribution in [0.15, 0.2) is 42.9 Å². The summed E-state index contributed by atoms with van der Waals surface area (Å²) >= 11 is 0. The van der Waals surface area contributed by atoms with Gasteiger partial charge in [-0.25, -0.2) is 9.97 Å². The minimum absolute atomic E-state index is 0.0680.